The van der Waals surface area contributed by atoms with Crippen LogP contribution in [0.5, 0.6) is 0 Å². The van der Waals surface area contributed by atoms with E-state index in [0.29, 0.717) is 19.3 Å². The summed E-state index contributed by atoms with van der Waals surface area (Å²) in [7, 11) is 0. The van der Waals surface area contributed by atoms with Crippen LogP contribution in [0.2, 0.25) is 0 Å². The van der Waals surface area contributed by atoms with E-state index in [1.165, 1.54) is 6.08 Å². The van der Waals surface area contributed by atoms with E-state index in [1.807, 2.05) is 13.8 Å². The van der Waals surface area contributed by atoms with Crippen LogP contribution in [0.25, 0.3) is 0 Å². The molecule has 2 unspecified atom stereocenters. The van der Waals surface area contributed by atoms with Crippen molar-refractivity contribution in [2.24, 2.45) is 0 Å². The summed E-state index contributed by atoms with van der Waals surface area (Å²) in [6, 6.07) is 0. The summed E-state index contributed by atoms with van der Waals surface area (Å²) in [5.74, 6) is -0.629. The molecule has 5 heteroatoms. The number of ether oxygens (including phenoxy) is 2. The molecule has 0 aliphatic rings. The summed E-state index contributed by atoms with van der Waals surface area (Å²) in [6.45, 7) is 8.78. The van der Waals surface area contributed by atoms with E-state index in [0.717, 1.165) is 0 Å². The minimum Gasteiger partial charge on any atom is -0.436 e. The highest BCUT2D eigenvalue weighted by molar-refractivity contribution is 5.86. The monoisotopic (exact) mass is 243 g/mol. The molecule has 0 spiro atoms. The Labute approximate surface area is 102 Å². The average Bonchev–Trinajstić information content (AvgIpc) is 2.36. The number of carbonyl (C=O) groups is 2. The molecule has 0 aliphatic carbocycles. The molecule has 98 valence electrons. The number of carbonyl (C=O) groups excluding carboxylic acids is 2. The lowest BCUT2D eigenvalue weighted by Crippen LogP contribution is -2.39. The normalized spacial score (nSPS) is 13.6. The summed E-state index contributed by atoms with van der Waals surface area (Å²) in [5.41, 5.74) is 0. The van der Waals surface area contributed by atoms with Crippen molar-refractivity contribution in [2.75, 3.05) is 0 Å². The van der Waals surface area contributed by atoms with Gasteiger partial charge in [0, 0.05) is 12.8 Å². The Kier molecular flexibility index (Phi) is 8.05. The van der Waals surface area contributed by atoms with E-state index in [9.17, 15) is 9.59 Å². The molecule has 5 nitrogen and oxygen atoms in total. The van der Waals surface area contributed by atoms with Gasteiger partial charge in [-0.25, -0.2) is 0 Å². The third kappa shape index (κ3) is 6.73. The van der Waals surface area contributed by atoms with Gasteiger partial charge in [0.1, 0.15) is 6.23 Å². The molecule has 0 aliphatic heterocycles. The van der Waals surface area contributed by atoms with Gasteiger partial charge in [0.2, 0.25) is 12.2 Å². The Bertz CT molecular complexity index is 265. The highest BCUT2D eigenvalue weighted by Crippen LogP contribution is 2.07. The number of rotatable bonds is 8. The molecular formula is C12H21NO4. The van der Waals surface area contributed by atoms with E-state index in [1.54, 1.807) is 6.92 Å². The molecule has 0 saturated heterocycles. The molecule has 1 amide bonds. The van der Waals surface area contributed by atoms with Gasteiger partial charge in [0.05, 0.1) is 0 Å². The molecule has 0 saturated carbocycles. The minimum absolute atomic E-state index is 0.301. The number of hydrogen-bond donors (Lipinski definition) is 1. The fourth-order valence-corrected chi connectivity index (χ4v) is 1.07. The summed E-state index contributed by atoms with van der Waals surface area (Å²) < 4.78 is 10.5. The van der Waals surface area contributed by atoms with Gasteiger partial charge in [0.25, 0.3) is 0 Å². The van der Waals surface area contributed by atoms with Gasteiger partial charge in [-0.05, 0) is 12.5 Å². The van der Waals surface area contributed by atoms with Crippen molar-refractivity contribution in [3.8, 4) is 0 Å². The predicted molar refractivity (Wildman–Crippen MR) is 64.0 cm³/mol. The Balaban J connectivity index is 4.25. The lowest BCUT2D eigenvalue weighted by Gasteiger charge is -2.23. The molecule has 0 bridgehead atoms. The fraction of sp³-hybridized carbons (Fsp3) is 0.667. The molecule has 0 rings (SSSR count). The molecule has 0 heterocycles. The van der Waals surface area contributed by atoms with Crippen LogP contribution in [0, 0.1) is 0 Å². The van der Waals surface area contributed by atoms with Gasteiger partial charge in [-0.3, -0.25) is 9.59 Å². The van der Waals surface area contributed by atoms with E-state index in [4.69, 9.17) is 9.47 Å². The average molecular weight is 243 g/mol. The maximum Gasteiger partial charge on any atom is 0.307 e. The molecular weight excluding hydrogens is 222 g/mol. The van der Waals surface area contributed by atoms with Crippen LogP contribution >= 0.6 is 0 Å². The first-order valence-corrected chi connectivity index (χ1v) is 5.85. The summed E-state index contributed by atoms with van der Waals surface area (Å²) in [4.78, 5) is 22.2. The van der Waals surface area contributed by atoms with Crippen LogP contribution in [0.3, 0.4) is 0 Å². The van der Waals surface area contributed by atoms with Crippen molar-refractivity contribution < 1.29 is 19.1 Å². The first-order chi connectivity index (χ1) is 8.07. The third-order valence-corrected chi connectivity index (χ3v) is 2.06. The van der Waals surface area contributed by atoms with Gasteiger partial charge < -0.3 is 14.8 Å². The third-order valence-electron chi connectivity index (χ3n) is 2.06. The first kappa shape index (κ1) is 15.6. The largest absolute Gasteiger partial charge is 0.436 e. The number of hydrogen-bond acceptors (Lipinski definition) is 4. The zero-order chi connectivity index (χ0) is 13.3. The maximum atomic E-state index is 11.1. The molecule has 2 atom stereocenters. The molecule has 0 aromatic carbocycles. The predicted octanol–water partition coefficient (Wildman–Crippen LogP) is 1.73. The standard InChI is InChI=1S/C12H21NO4/c1-5-9(14)13-10(6-2)16-12(8-4)17-11(15)7-3/h5,10,12H,1,6-8H2,2-4H3,(H,13,14). The van der Waals surface area contributed by atoms with Crippen LogP contribution in [-0.4, -0.2) is 24.4 Å². The summed E-state index contributed by atoms with van der Waals surface area (Å²) in [5, 5.41) is 2.60. The van der Waals surface area contributed by atoms with Crippen molar-refractivity contribution in [3.63, 3.8) is 0 Å². The van der Waals surface area contributed by atoms with Crippen molar-refractivity contribution >= 4 is 11.9 Å². The van der Waals surface area contributed by atoms with Crippen LogP contribution in [-0.2, 0) is 19.1 Å². The molecule has 1 N–H and O–H groups in total. The van der Waals surface area contributed by atoms with Gasteiger partial charge >= 0.3 is 5.97 Å². The van der Waals surface area contributed by atoms with Crippen molar-refractivity contribution in [1.82, 2.24) is 5.32 Å². The van der Waals surface area contributed by atoms with Gasteiger partial charge in [-0.1, -0.05) is 27.4 Å². The van der Waals surface area contributed by atoms with Gasteiger partial charge in [-0.2, -0.15) is 0 Å². The minimum atomic E-state index is -0.627. The van der Waals surface area contributed by atoms with Gasteiger partial charge in [0.15, 0.2) is 0 Å². The second kappa shape index (κ2) is 8.75. The number of esters is 1. The van der Waals surface area contributed by atoms with E-state index < -0.39 is 12.5 Å². The lowest BCUT2D eigenvalue weighted by molar-refractivity contribution is -0.194. The lowest BCUT2D eigenvalue weighted by atomic mass is 10.4. The highest BCUT2D eigenvalue weighted by Gasteiger charge is 2.17. The molecule has 0 radical (unpaired) electrons. The Morgan fingerprint density at radius 2 is 1.94 bits per heavy atom. The fourth-order valence-electron chi connectivity index (χ4n) is 1.07. The summed E-state index contributed by atoms with van der Waals surface area (Å²) in [6.07, 6.45) is 1.49. The smallest absolute Gasteiger partial charge is 0.307 e. The molecule has 0 fully saturated rings. The second-order valence-corrected chi connectivity index (χ2v) is 3.43. The van der Waals surface area contributed by atoms with Crippen LogP contribution in [0.15, 0.2) is 12.7 Å². The van der Waals surface area contributed by atoms with Crippen molar-refractivity contribution in [3.05, 3.63) is 12.7 Å². The van der Waals surface area contributed by atoms with Crippen molar-refractivity contribution in [1.29, 1.82) is 0 Å². The topological polar surface area (TPSA) is 64.6 Å². The maximum absolute atomic E-state index is 11.1. The number of amides is 1. The quantitative estimate of drug-likeness (QED) is 0.400. The SMILES string of the molecule is C=CC(=O)NC(CC)OC(CC)OC(=O)CC. The van der Waals surface area contributed by atoms with E-state index in [2.05, 4.69) is 11.9 Å². The highest BCUT2D eigenvalue weighted by atomic mass is 16.7. The Hall–Kier alpha value is -1.36. The molecule has 0 aromatic heterocycles. The van der Waals surface area contributed by atoms with E-state index in [-0.39, 0.29) is 11.9 Å². The number of nitrogens with one attached hydrogen (secondary N) is 1. The Morgan fingerprint density at radius 1 is 1.29 bits per heavy atom. The van der Waals surface area contributed by atoms with Crippen LogP contribution in [0.4, 0.5) is 0 Å². The zero-order valence-electron chi connectivity index (χ0n) is 10.7. The first-order valence-electron chi connectivity index (χ1n) is 5.85. The van der Waals surface area contributed by atoms with Crippen LogP contribution < -0.4 is 5.32 Å². The van der Waals surface area contributed by atoms with Gasteiger partial charge in [-0.15, -0.1) is 0 Å². The summed E-state index contributed by atoms with van der Waals surface area (Å²) >= 11 is 0. The molecule has 17 heavy (non-hydrogen) atoms. The second-order valence-electron chi connectivity index (χ2n) is 3.43. The van der Waals surface area contributed by atoms with Crippen molar-refractivity contribution in [2.45, 2.75) is 52.6 Å². The van der Waals surface area contributed by atoms with Crippen LogP contribution in [0.1, 0.15) is 40.0 Å². The Morgan fingerprint density at radius 3 is 2.35 bits per heavy atom. The molecule has 0 aromatic rings. The zero-order valence-corrected chi connectivity index (χ0v) is 10.7. The van der Waals surface area contributed by atoms with E-state index >= 15 is 0 Å².